The Balaban J connectivity index is 0.00000408. The van der Waals surface area contributed by atoms with Crippen LogP contribution in [0.2, 0.25) is 15.1 Å². The van der Waals surface area contributed by atoms with Crippen molar-refractivity contribution in [2.75, 3.05) is 7.05 Å². The van der Waals surface area contributed by atoms with Crippen LogP contribution in [0.4, 0.5) is 0 Å². The molecule has 0 saturated carbocycles. The van der Waals surface area contributed by atoms with Gasteiger partial charge in [0.1, 0.15) is 0 Å². The van der Waals surface area contributed by atoms with Crippen LogP contribution in [0.25, 0.3) is 0 Å². The van der Waals surface area contributed by atoms with E-state index in [-0.39, 0.29) is 24.0 Å². The molecule has 180 valence electrons. The summed E-state index contributed by atoms with van der Waals surface area (Å²) in [6.07, 6.45) is 0. The monoisotopic (exact) mass is 537 g/mol. The lowest BCUT2D eigenvalue weighted by atomic mass is 9.86. The van der Waals surface area contributed by atoms with Crippen molar-refractivity contribution < 1.29 is 9.59 Å². The fraction of sp³-hybridized carbons (Fsp3) is 0.259. The summed E-state index contributed by atoms with van der Waals surface area (Å²) in [5.74, 6) is -0.146. The normalized spacial score (nSPS) is 11.3. The van der Waals surface area contributed by atoms with Gasteiger partial charge in [0.25, 0.3) is 0 Å². The number of benzene rings is 3. The molecular weight excluding hydrogens is 512 g/mol. The Labute approximate surface area is 222 Å². The summed E-state index contributed by atoms with van der Waals surface area (Å²) in [5.41, 5.74) is 2.89. The number of halogens is 4. The van der Waals surface area contributed by atoms with Crippen LogP contribution in [0, 0.1) is 5.41 Å². The molecule has 3 aromatic rings. The van der Waals surface area contributed by atoms with Crippen molar-refractivity contribution in [3.05, 3.63) is 104 Å². The second-order valence-corrected chi connectivity index (χ2v) is 10.4. The minimum atomic E-state index is -0.488. The first-order chi connectivity index (χ1) is 15.5. The van der Waals surface area contributed by atoms with E-state index in [1.807, 2.05) is 46.0 Å². The Bertz CT molecular complexity index is 1200. The molecule has 7 heteroatoms. The Morgan fingerprint density at radius 3 is 2.06 bits per heavy atom. The van der Waals surface area contributed by atoms with Gasteiger partial charge in [0.2, 0.25) is 0 Å². The van der Waals surface area contributed by atoms with Gasteiger partial charge >= 0.3 is 0 Å². The molecule has 34 heavy (non-hydrogen) atoms. The average molecular weight is 539 g/mol. The van der Waals surface area contributed by atoms with E-state index in [0.29, 0.717) is 44.8 Å². The molecule has 0 unspecified atom stereocenters. The molecule has 0 aliphatic carbocycles. The molecule has 0 spiro atoms. The predicted molar refractivity (Wildman–Crippen MR) is 144 cm³/mol. The third kappa shape index (κ3) is 6.84. The minimum absolute atomic E-state index is 0. The van der Waals surface area contributed by atoms with Gasteiger partial charge < -0.3 is 0 Å². The van der Waals surface area contributed by atoms with E-state index in [0.717, 1.165) is 11.1 Å². The van der Waals surface area contributed by atoms with E-state index in [2.05, 4.69) is 4.90 Å². The van der Waals surface area contributed by atoms with Gasteiger partial charge in [0, 0.05) is 40.2 Å². The molecule has 3 rings (SSSR count). The molecule has 0 saturated heterocycles. The van der Waals surface area contributed by atoms with Crippen molar-refractivity contribution in [2.24, 2.45) is 5.41 Å². The molecule has 3 aromatic carbocycles. The number of hydrogen-bond donors (Lipinski definition) is 0. The fourth-order valence-electron chi connectivity index (χ4n) is 3.52. The highest BCUT2D eigenvalue weighted by Gasteiger charge is 2.25. The SMILES string of the molecule is CN(Cc1ccc(C(=O)C(C)(C)C)c(Cl)c1)Cc1ccc(C(=O)c2ccccc2Cl)cc1Cl.Cl. The lowest BCUT2D eigenvalue weighted by Crippen LogP contribution is -2.21. The Morgan fingerprint density at radius 1 is 0.794 bits per heavy atom. The Hall–Kier alpha value is -1.88. The first-order valence-corrected chi connectivity index (χ1v) is 11.7. The highest BCUT2D eigenvalue weighted by Crippen LogP contribution is 2.28. The van der Waals surface area contributed by atoms with Crippen LogP contribution in [-0.4, -0.2) is 23.5 Å². The highest BCUT2D eigenvalue weighted by molar-refractivity contribution is 6.35. The summed E-state index contributed by atoms with van der Waals surface area (Å²) in [5, 5.41) is 1.39. The van der Waals surface area contributed by atoms with Gasteiger partial charge in [-0.1, -0.05) is 85.9 Å². The third-order valence-electron chi connectivity index (χ3n) is 5.29. The third-order valence-corrected chi connectivity index (χ3v) is 6.28. The number of rotatable bonds is 7. The molecule has 0 heterocycles. The molecule has 0 bridgehead atoms. The summed E-state index contributed by atoms with van der Waals surface area (Å²) in [6.45, 7) is 6.85. The van der Waals surface area contributed by atoms with Crippen LogP contribution in [0.5, 0.6) is 0 Å². The summed E-state index contributed by atoms with van der Waals surface area (Å²) in [7, 11) is 1.97. The summed E-state index contributed by atoms with van der Waals surface area (Å²) >= 11 is 19.1. The minimum Gasteiger partial charge on any atom is -0.298 e. The molecule has 0 atom stereocenters. The highest BCUT2D eigenvalue weighted by atomic mass is 35.5. The summed E-state index contributed by atoms with van der Waals surface area (Å²) in [4.78, 5) is 27.4. The van der Waals surface area contributed by atoms with Gasteiger partial charge in [-0.05, 0) is 48.5 Å². The second-order valence-electron chi connectivity index (χ2n) is 9.18. The largest absolute Gasteiger partial charge is 0.298 e. The van der Waals surface area contributed by atoms with Crippen LogP contribution in [0.1, 0.15) is 58.2 Å². The van der Waals surface area contributed by atoms with Gasteiger partial charge in [-0.2, -0.15) is 0 Å². The van der Waals surface area contributed by atoms with Crippen molar-refractivity contribution in [2.45, 2.75) is 33.9 Å². The second kappa shape index (κ2) is 11.7. The van der Waals surface area contributed by atoms with E-state index in [9.17, 15) is 9.59 Å². The maximum Gasteiger partial charge on any atom is 0.194 e. The lowest BCUT2D eigenvalue weighted by molar-refractivity contribution is 0.0858. The molecule has 0 fully saturated rings. The number of nitrogens with zero attached hydrogens (tertiary/aromatic N) is 1. The maximum absolute atomic E-state index is 12.8. The van der Waals surface area contributed by atoms with Crippen molar-refractivity contribution in [1.29, 1.82) is 0 Å². The number of ketones is 2. The summed E-state index contributed by atoms with van der Waals surface area (Å²) in [6, 6.07) is 17.8. The number of hydrogen-bond acceptors (Lipinski definition) is 3. The van der Waals surface area contributed by atoms with Crippen molar-refractivity contribution in [3.63, 3.8) is 0 Å². The summed E-state index contributed by atoms with van der Waals surface area (Å²) < 4.78 is 0. The van der Waals surface area contributed by atoms with Crippen LogP contribution in [-0.2, 0) is 13.1 Å². The number of Topliss-reactive ketones (excluding diaryl/α,β-unsaturated/α-hetero) is 1. The standard InChI is InChI=1S/C27H26Cl3NO2.ClH/c1-27(2,3)26(33)21-12-9-17(13-24(21)30)15-31(4)16-19-11-10-18(14-23(19)29)25(32)20-7-5-6-8-22(20)28;/h5-14H,15-16H2,1-4H3;1H. The molecule has 0 amide bonds. The van der Waals surface area contributed by atoms with Crippen LogP contribution in [0.15, 0.2) is 60.7 Å². The smallest absolute Gasteiger partial charge is 0.194 e. The Kier molecular flexibility index (Phi) is 9.76. The van der Waals surface area contributed by atoms with E-state index >= 15 is 0 Å². The van der Waals surface area contributed by atoms with E-state index in [1.165, 1.54) is 0 Å². The zero-order valence-corrected chi connectivity index (χ0v) is 22.6. The lowest BCUT2D eigenvalue weighted by Gasteiger charge is -2.20. The fourth-order valence-corrected chi connectivity index (χ4v) is 4.27. The van der Waals surface area contributed by atoms with Crippen molar-refractivity contribution in [3.8, 4) is 0 Å². The van der Waals surface area contributed by atoms with Crippen molar-refractivity contribution in [1.82, 2.24) is 4.90 Å². The quantitative estimate of drug-likeness (QED) is 0.285. The maximum atomic E-state index is 12.8. The van der Waals surface area contributed by atoms with E-state index < -0.39 is 5.41 Å². The number of carbonyl (C=O) groups is 2. The first kappa shape index (κ1) is 28.4. The zero-order valence-electron chi connectivity index (χ0n) is 19.5. The average Bonchev–Trinajstić information content (AvgIpc) is 2.74. The predicted octanol–water partition coefficient (Wildman–Crippen LogP) is 8.16. The zero-order chi connectivity index (χ0) is 24.3. The molecule has 0 aliphatic heterocycles. The molecule has 0 aliphatic rings. The topological polar surface area (TPSA) is 37.4 Å². The van der Waals surface area contributed by atoms with Crippen molar-refractivity contribution >= 4 is 58.8 Å². The molecule has 0 radical (unpaired) electrons. The molecular formula is C27H27Cl4NO2. The molecule has 0 N–H and O–H groups in total. The van der Waals surface area contributed by atoms with Gasteiger partial charge in [0.05, 0.1) is 10.0 Å². The number of carbonyl (C=O) groups excluding carboxylic acids is 2. The van der Waals surface area contributed by atoms with Gasteiger partial charge in [-0.15, -0.1) is 12.4 Å². The van der Waals surface area contributed by atoms with Crippen LogP contribution in [0.3, 0.4) is 0 Å². The van der Waals surface area contributed by atoms with E-state index in [1.54, 1.807) is 42.5 Å². The van der Waals surface area contributed by atoms with Gasteiger partial charge in [-0.25, -0.2) is 0 Å². The van der Waals surface area contributed by atoms with Crippen LogP contribution < -0.4 is 0 Å². The molecule has 3 nitrogen and oxygen atoms in total. The van der Waals surface area contributed by atoms with Gasteiger partial charge in [0.15, 0.2) is 11.6 Å². The van der Waals surface area contributed by atoms with E-state index in [4.69, 9.17) is 34.8 Å². The first-order valence-electron chi connectivity index (χ1n) is 10.6. The Morgan fingerprint density at radius 2 is 1.47 bits per heavy atom. The van der Waals surface area contributed by atoms with Gasteiger partial charge in [-0.3, -0.25) is 14.5 Å². The van der Waals surface area contributed by atoms with Crippen LogP contribution >= 0.6 is 47.2 Å². The molecule has 0 aromatic heterocycles.